The number of nitrogens with two attached hydrogens (primary N) is 3. The van der Waals surface area contributed by atoms with Crippen molar-refractivity contribution in [2.75, 3.05) is 24.6 Å². The second kappa shape index (κ2) is 13.4. The number of halogens is 1. The van der Waals surface area contributed by atoms with E-state index in [2.05, 4.69) is 20.3 Å². The third-order valence-electron chi connectivity index (χ3n) is 3.86. The van der Waals surface area contributed by atoms with Gasteiger partial charge in [0.15, 0.2) is 28.4 Å². The number of hydrogen-bond acceptors (Lipinski definition) is 7. The molecule has 1 heterocycles. The molecule has 0 aliphatic rings. The number of ether oxygens (including phenoxy) is 1. The van der Waals surface area contributed by atoms with Crippen LogP contribution in [0.15, 0.2) is 29.3 Å². The Kier molecular flexibility index (Phi) is 11.6. The standard InChI is InChI=1S/C19H25ClN7O2.Y/c1-2-11-29-13-8-6-12(7-9-13)5-3-4-10-24-19(23)27-18(28)14-16(21)26-17(22)15(20)25-14;/h2,6-9H,3-5,10-11H2,1H3,(H4,21,22,26)(H3,23,24,27,28);/q-1;. The van der Waals surface area contributed by atoms with Crippen molar-refractivity contribution in [3.63, 3.8) is 0 Å². The fourth-order valence-electron chi connectivity index (χ4n) is 2.40. The number of aromatic nitrogens is 2. The maximum atomic E-state index is 12.1. The molecule has 30 heavy (non-hydrogen) atoms. The van der Waals surface area contributed by atoms with Crippen LogP contribution < -0.4 is 27.3 Å². The third kappa shape index (κ3) is 8.41. The molecule has 1 radical (unpaired) electrons. The molecule has 0 atom stereocenters. The number of nitrogens with one attached hydrogen (secondary N) is 1. The van der Waals surface area contributed by atoms with Crippen LogP contribution in [-0.2, 0) is 39.1 Å². The van der Waals surface area contributed by atoms with Gasteiger partial charge >= 0.3 is 0 Å². The number of aliphatic imine (C=N–C) groups is 1. The molecule has 0 spiro atoms. The molecule has 159 valence electrons. The van der Waals surface area contributed by atoms with E-state index in [0.29, 0.717) is 13.2 Å². The van der Waals surface area contributed by atoms with Crippen molar-refractivity contribution < 1.29 is 42.2 Å². The summed E-state index contributed by atoms with van der Waals surface area (Å²) >= 11 is 5.76. The number of aryl methyl sites for hydroxylation is 1. The Bertz CT molecular complexity index is 863. The Morgan fingerprint density at radius 1 is 1.20 bits per heavy atom. The second-order valence-electron chi connectivity index (χ2n) is 6.17. The van der Waals surface area contributed by atoms with Gasteiger partial charge < -0.3 is 21.9 Å². The van der Waals surface area contributed by atoms with E-state index in [1.165, 1.54) is 5.56 Å². The smallest absolute Gasteiger partial charge is 0.280 e. The summed E-state index contributed by atoms with van der Waals surface area (Å²) in [6, 6.07) is 8.02. The van der Waals surface area contributed by atoms with Gasteiger partial charge in [-0.15, -0.1) is 0 Å². The van der Waals surface area contributed by atoms with E-state index in [0.717, 1.165) is 25.0 Å². The number of unbranched alkanes of at least 4 members (excludes halogenated alkanes) is 1. The first-order valence-corrected chi connectivity index (χ1v) is 9.47. The number of guanidine groups is 1. The topological polar surface area (TPSA) is 155 Å². The fraction of sp³-hybridized carbons (Fsp3) is 0.316. The van der Waals surface area contributed by atoms with Crippen LogP contribution in [0.25, 0.3) is 0 Å². The van der Waals surface area contributed by atoms with E-state index < -0.39 is 5.91 Å². The van der Waals surface area contributed by atoms with Crippen molar-refractivity contribution in [3.8, 4) is 5.75 Å². The number of carbonyl (C=O) groups is 1. The minimum atomic E-state index is -0.652. The summed E-state index contributed by atoms with van der Waals surface area (Å²) in [6.45, 7) is 3.02. The minimum absolute atomic E-state index is 0. The average Bonchev–Trinajstić information content (AvgIpc) is 2.69. The van der Waals surface area contributed by atoms with Gasteiger partial charge in [0.1, 0.15) is 5.75 Å². The Labute approximate surface area is 206 Å². The summed E-state index contributed by atoms with van der Waals surface area (Å²) < 4.78 is 5.51. The van der Waals surface area contributed by atoms with Crippen LogP contribution >= 0.6 is 11.6 Å². The summed E-state index contributed by atoms with van der Waals surface area (Å²) in [6.07, 6.45) is 4.61. The SMILES string of the molecule is C[CH-]COc1ccc(CCCCN=C(N)NC(=O)c2nc(Cl)c(N)nc2N)cc1.[Y]. The normalized spacial score (nSPS) is 10.9. The molecule has 2 aromatic rings. The van der Waals surface area contributed by atoms with Gasteiger partial charge in [-0.2, -0.15) is 6.92 Å². The number of benzene rings is 1. The van der Waals surface area contributed by atoms with Gasteiger partial charge in [0.2, 0.25) is 0 Å². The molecule has 1 aromatic heterocycles. The zero-order valence-electron chi connectivity index (χ0n) is 16.8. The molecular formula is C19H25ClN7O2Y-. The van der Waals surface area contributed by atoms with E-state index in [1.54, 1.807) is 0 Å². The van der Waals surface area contributed by atoms with Crippen LogP contribution in [0, 0.1) is 6.42 Å². The van der Waals surface area contributed by atoms with E-state index >= 15 is 0 Å². The molecule has 0 aliphatic carbocycles. The quantitative estimate of drug-likeness (QED) is 0.175. The Morgan fingerprint density at radius 3 is 2.57 bits per heavy atom. The van der Waals surface area contributed by atoms with Crippen LogP contribution in [0.4, 0.5) is 11.6 Å². The first kappa shape index (κ1) is 26.1. The number of rotatable bonds is 9. The second-order valence-corrected chi connectivity index (χ2v) is 6.53. The van der Waals surface area contributed by atoms with Crippen LogP contribution in [0.1, 0.15) is 35.8 Å². The van der Waals surface area contributed by atoms with E-state index in [1.807, 2.05) is 37.6 Å². The first-order chi connectivity index (χ1) is 13.9. The molecule has 0 bridgehead atoms. The largest absolute Gasteiger partial charge is 0.525 e. The predicted molar refractivity (Wildman–Crippen MR) is 115 cm³/mol. The fourth-order valence-corrected chi connectivity index (χ4v) is 2.52. The van der Waals surface area contributed by atoms with Crippen molar-refractivity contribution >= 4 is 35.1 Å². The van der Waals surface area contributed by atoms with E-state index in [-0.39, 0.29) is 61.2 Å². The van der Waals surface area contributed by atoms with Crippen molar-refractivity contribution in [1.82, 2.24) is 15.3 Å². The van der Waals surface area contributed by atoms with Crippen LogP contribution in [0.3, 0.4) is 0 Å². The number of amides is 1. The molecule has 0 saturated carbocycles. The zero-order valence-corrected chi connectivity index (χ0v) is 20.4. The number of hydrogen-bond donors (Lipinski definition) is 4. The number of carbonyl (C=O) groups excluding carboxylic acids is 1. The van der Waals surface area contributed by atoms with Crippen molar-refractivity contribution in [3.05, 3.63) is 47.1 Å². The molecule has 2 rings (SSSR count). The van der Waals surface area contributed by atoms with Gasteiger partial charge in [0, 0.05) is 39.3 Å². The maximum Gasteiger partial charge on any atom is 0.280 e. The predicted octanol–water partition coefficient (Wildman–Crippen LogP) is 1.96. The number of anilines is 2. The zero-order chi connectivity index (χ0) is 21.2. The van der Waals surface area contributed by atoms with Gasteiger partial charge in [-0.05, 0) is 43.6 Å². The van der Waals surface area contributed by atoms with Crippen molar-refractivity contribution in [2.24, 2.45) is 10.7 Å². The summed E-state index contributed by atoms with van der Waals surface area (Å²) in [4.78, 5) is 23.8. The Morgan fingerprint density at radius 2 is 1.90 bits per heavy atom. The van der Waals surface area contributed by atoms with Gasteiger partial charge in [-0.25, -0.2) is 9.97 Å². The first-order valence-electron chi connectivity index (χ1n) is 9.10. The molecule has 1 aromatic carbocycles. The molecule has 9 nitrogen and oxygen atoms in total. The molecular weight excluding hydrogens is 483 g/mol. The summed E-state index contributed by atoms with van der Waals surface area (Å²) in [7, 11) is 0. The molecule has 0 unspecified atom stereocenters. The molecule has 0 saturated heterocycles. The molecule has 0 aliphatic heterocycles. The van der Waals surface area contributed by atoms with Crippen LogP contribution in [0.2, 0.25) is 5.15 Å². The average molecular weight is 508 g/mol. The number of nitrogens with zero attached hydrogens (tertiary/aromatic N) is 3. The summed E-state index contributed by atoms with van der Waals surface area (Å²) in [5.41, 5.74) is 17.9. The summed E-state index contributed by atoms with van der Waals surface area (Å²) in [5, 5.41) is 2.30. The van der Waals surface area contributed by atoms with Gasteiger partial charge in [-0.1, -0.05) is 23.7 Å². The molecule has 7 N–H and O–H groups in total. The molecule has 1 amide bonds. The van der Waals surface area contributed by atoms with Gasteiger partial charge in [-0.3, -0.25) is 21.5 Å². The van der Waals surface area contributed by atoms with Crippen LogP contribution in [0.5, 0.6) is 5.75 Å². The van der Waals surface area contributed by atoms with Crippen LogP contribution in [-0.4, -0.2) is 35.0 Å². The van der Waals surface area contributed by atoms with Crippen molar-refractivity contribution in [2.45, 2.75) is 26.2 Å². The minimum Gasteiger partial charge on any atom is -0.525 e. The molecule has 0 fully saturated rings. The van der Waals surface area contributed by atoms with Crippen molar-refractivity contribution in [1.29, 1.82) is 0 Å². The van der Waals surface area contributed by atoms with Gasteiger partial charge in [0.05, 0.1) is 0 Å². The Balaban J connectivity index is 0.00000450. The number of nitrogen functional groups attached to an aromatic ring is 2. The van der Waals surface area contributed by atoms with E-state index in [9.17, 15) is 4.79 Å². The monoisotopic (exact) mass is 507 g/mol. The van der Waals surface area contributed by atoms with E-state index in [4.69, 9.17) is 33.5 Å². The molecule has 11 heteroatoms. The van der Waals surface area contributed by atoms with Gasteiger partial charge in [0.25, 0.3) is 5.91 Å². The Hall–Kier alpha value is -1.97. The summed E-state index contributed by atoms with van der Waals surface area (Å²) in [5.74, 6) is -0.0161. The maximum absolute atomic E-state index is 12.1. The third-order valence-corrected chi connectivity index (χ3v) is 4.14.